The maximum Gasteiger partial charge on any atom is 0.338 e. The Labute approximate surface area is 183 Å². The van der Waals surface area contributed by atoms with Gasteiger partial charge in [-0.1, -0.05) is 35.5 Å². The van der Waals surface area contributed by atoms with Crippen molar-refractivity contribution < 1.29 is 19.1 Å². The number of aromatic nitrogens is 3. The zero-order valence-electron chi connectivity index (χ0n) is 17.1. The van der Waals surface area contributed by atoms with Crippen LogP contribution in [0.1, 0.15) is 36.8 Å². The molecule has 0 aliphatic carbocycles. The molecule has 0 unspecified atom stereocenters. The third-order valence-corrected chi connectivity index (χ3v) is 5.15. The van der Waals surface area contributed by atoms with Gasteiger partial charge in [0, 0.05) is 5.75 Å². The second kappa shape index (κ2) is 9.06. The fourth-order valence-electron chi connectivity index (χ4n) is 2.82. The van der Waals surface area contributed by atoms with Gasteiger partial charge in [0.15, 0.2) is 5.16 Å². The first-order valence-corrected chi connectivity index (χ1v) is 10.6. The van der Waals surface area contributed by atoms with Gasteiger partial charge in [-0.05, 0) is 45.0 Å². The molecule has 158 valence electrons. The lowest BCUT2D eigenvalue weighted by molar-refractivity contribution is -0.155. The number of hydrogen-bond donors (Lipinski definition) is 0. The molecule has 2 heterocycles. The number of ether oxygens (including phenoxy) is 2. The summed E-state index contributed by atoms with van der Waals surface area (Å²) in [7, 11) is 1.31. The van der Waals surface area contributed by atoms with E-state index in [1.54, 1.807) is 6.07 Å². The monoisotopic (exact) mass is 447 g/mol. The normalized spacial score (nSPS) is 11.5. The van der Waals surface area contributed by atoms with Crippen LogP contribution in [-0.2, 0) is 26.6 Å². The van der Waals surface area contributed by atoms with E-state index in [-0.39, 0.29) is 17.7 Å². The SMILES string of the molecule is COC(=O)c1cc(Cl)nc(CSc2nc3ccccc3n2CC(=O)OC(C)(C)C)c1. The molecule has 0 spiro atoms. The van der Waals surface area contributed by atoms with Gasteiger partial charge in [0.2, 0.25) is 0 Å². The van der Waals surface area contributed by atoms with Crippen molar-refractivity contribution in [3.63, 3.8) is 0 Å². The fraction of sp³-hybridized carbons (Fsp3) is 0.333. The number of benzene rings is 1. The second-order valence-corrected chi connectivity index (χ2v) is 8.84. The predicted molar refractivity (Wildman–Crippen MR) is 116 cm³/mol. The average molecular weight is 448 g/mol. The number of fused-ring (bicyclic) bond motifs is 1. The number of esters is 2. The van der Waals surface area contributed by atoms with Gasteiger partial charge < -0.3 is 14.0 Å². The summed E-state index contributed by atoms with van der Waals surface area (Å²) >= 11 is 7.44. The van der Waals surface area contributed by atoms with Gasteiger partial charge in [-0.25, -0.2) is 14.8 Å². The van der Waals surface area contributed by atoms with Crippen LogP contribution in [-0.4, -0.2) is 39.2 Å². The first-order chi connectivity index (χ1) is 14.2. The quantitative estimate of drug-likeness (QED) is 0.312. The number of methoxy groups -OCH3 is 1. The van der Waals surface area contributed by atoms with Crippen molar-refractivity contribution in [1.82, 2.24) is 14.5 Å². The topological polar surface area (TPSA) is 83.3 Å². The number of rotatable bonds is 6. The minimum absolute atomic E-state index is 0.0382. The summed E-state index contributed by atoms with van der Waals surface area (Å²) in [4.78, 5) is 33.2. The van der Waals surface area contributed by atoms with Crippen LogP contribution in [0.5, 0.6) is 0 Å². The van der Waals surface area contributed by atoms with Crippen LogP contribution in [0.3, 0.4) is 0 Å². The molecule has 2 aromatic heterocycles. The van der Waals surface area contributed by atoms with E-state index in [0.717, 1.165) is 11.0 Å². The van der Waals surface area contributed by atoms with Crippen molar-refractivity contribution in [2.45, 2.75) is 43.8 Å². The average Bonchev–Trinajstić information content (AvgIpc) is 3.01. The largest absolute Gasteiger partial charge is 0.465 e. The van der Waals surface area contributed by atoms with E-state index in [2.05, 4.69) is 9.97 Å². The number of imidazole rings is 1. The van der Waals surface area contributed by atoms with E-state index >= 15 is 0 Å². The van der Waals surface area contributed by atoms with E-state index in [1.807, 2.05) is 49.6 Å². The lowest BCUT2D eigenvalue weighted by atomic mass is 10.2. The summed E-state index contributed by atoms with van der Waals surface area (Å²) in [5.74, 6) is -0.425. The molecule has 0 saturated carbocycles. The molecule has 0 amide bonds. The molecule has 3 aromatic rings. The van der Waals surface area contributed by atoms with E-state index in [0.29, 0.717) is 22.2 Å². The first-order valence-electron chi connectivity index (χ1n) is 9.21. The van der Waals surface area contributed by atoms with Crippen molar-refractivity contribution in [2.75, 3.05) is 7.11 Å². The number of carbonyl (C=O) groups excluding carboxylic acids is 2. The molecule has 0 radical (unpaired) electrons. The molecule has 3 rings (SSSR count). The van der Waals surface area contributed by atoms with Gasteiger partial charge in [0.25, 0.3) is 0 Å². The highest BCUT2D eigenvalue weighted by Gasteiger charge is 2.20. The van der Waals surface area contributed by atoms with Crippen molar-refractivity contribution in [1.29, 1.82) is 0 Å². The van der Waals surface area contributed by atoms with Crippen LogP contribution in [0.4, 0.5) is 0 Å². The summed E-state index contributed by atoms with van der Waals surface area (Å²) in [6.07, 6.45) is 0. The molecule has 1 aromatic carbocycles. The Hall–Kier alpha value is -2.58. The smallest absolute Gasteiger partial charge is 0.338 e. The third-order valence-electron chi connectivity index (χ3n) is 3.94. The molecule has 0 N–H and O–H groups in total. The van der Waals surface area contributed by atoms with Gasteiger partial charge in [-0.2, -0.15) is 0 Å². The zero-order chi connectivity index (χ0) is 21.9. The number of pyridine rings is 1. The molecule has 0 bridgehead atoms. The van der Waals surface area contributed by atoms with Crippen LogP contribution >= 0.6 is 23.4 Å². The number of halogens is 1. The van der Waals surface area contributed by atoms with Crippen LogP contribution in [0.2, 0.25) is 5.15 Å². The molecule has 9 heteroatoms. The molecule has 7 nitrogen and oxygen atoms in total. The van der Waals surface area contributed by atoms with E-state index in [1.165, 1.54) is 24.9 Å². The Morgan fingerprint density at radius 1 is 1.17 bits per heavy atom. The minimum atomic E-state index is -0.574. The Kier molecular flexibility index (Phi) is 6.67. The fourth-order valence-corrected chi connectivity index (χ4v) is 3.95. The first kappa shape index (κ1) is 22.1. The number of para-hydroxylation sites is 2. The van der Waals surface area contributed by atoms with Crippen molar-refractivity contribution >= 4 is 46.3 Å². The molecule has 0 atom stereocenters. The van der Waals surface area contributed by atoms with Crippen LogP contribution in [0.25, 0.3) is 11.0 Å². The number of carbonyl (C=O) groups is 2. The van der Waals surface area contributed by atoms with Crippen molar-refractivity contribution in [3.8, 4) is 0 Å². The molecule has 0 aliphatic rings. The van der Waals surface area contributed by atoms with Gasteiger partial charge in [0.05, 0.1) is 29.4 Å². The number of thioether (sulfide) groups is 1. The molecule has 0 saturated heterocycles. The molecule has 0 fully saturated rings. The Bertz CT molecular complexity index is 1090. The van der Waals surface area contributed by atoms with Crippen LogP contribution < -0.4 is 0 Å². The molecular weight excluding hydrogens is 426 g/mol. The van der Waals surface area contributed by atoms with Gasteiger partial charge in [-0.15, -0.1) is 0 Å². The third kappa shape index (κ3) is 5.52. The number of hydrogen-bond acceptors (Lipinski definition) is 7. The zero-order valence-corrected chi connectivity index (χ0v) is 18.7. The second-order valence-electron chi connectivity index (χ2n) is 7.51. The maximum atomic E-state index is 12.4. The maximum absolute atomic E-state index is 12.4. The standard InChI is InChI=1S/C21H22ClN3O4S/c1-21(2,3)29-18(26)11-25-16-8-6-5-7-15(16)24-20(25)30-12-14-9-13(19(27)28-4)10-17(22)23-14/h5-10H,11-12H2,1-4H3. The van der Waals surface area contributed by atoms with Crippen LogP contribution in [0.15, 0.2) is 41.6 Å². The lowest BCUT2D eigenvalue weighted by Gasteiger charge is -2.20. The molecule has 0 aliphatic heterocycles. The Morgan fingerprint density at radius 2 is 1.90 bits per heavy atom. The lowest BCUT2D eigenvalue weighted by Crippen LogP contribution is -2.26. The summed E-state index contributed by atoms with van der Waals surface area (Å²) in [5, 5.41) is 0.846. The summed E-state index contributed by atoms with van der Waals surface area (Å²) in [5.41, 5.74) is 1.97. The highest BCUT2D eigenvalue weighted by atomic mass is 35.5. The molecule has 30 heavy (non-hydrogen) atoms. The van der Waals surface area contributed by atoms with Crippen molar-refractivity contribution in [3.05, 3.63) is 52.8 Å². The summed E-state index contributed by atoms with van der Waals surface area (Å²) in [6, 6.07) is 10.7. The van der Waals surface area contributed by atoms with Gasteiger partial charge >= 0.3 is 11.9 Å². The highest BCUT2D eigenvalue weighted by Crippen LogP contribution is 2.27. The number of nitrogens with zero attached hydrogens (tertiary/aromatic N) is 3. The predicted octanol–water partition coefficient (Wildman–Crippen LogP) is 4.51. The molecular formula is C21H22ClN3O4S. The Balaban J connectivity index is 1.87. The summed E-state index contributed by atoms with van der Waals surface area (Å²) in [6.45, 7) is 5.53. The van der Waals surface area contributed by atoms with Crippen LogP contribution in [0, 0.1) is 0 Å². The van der Waals surface area contributed by atoms with Gasteiger partial charge in [0.1, 0.15) is 17.3 Å². The van der Waals surface area contributed by atoms with E-state index in [4.69, 9.17) is 21.1 Å². The van der Waals surface area contributed by atoms with E-state index < -0.39 is 11.6 Å². The summed E-state index contributed by atoms with van der Waals surface area (Å²) < 4.78 is 12.0. The van der Waals surface area contributed by atoms with Crippen molar-refractivity contribution in [2.24, 2.45) is 0 Å². The minimum Gasteiger partial charge on any atom is -0.465 e. The Morgan fingerprint density at radius 3 is 2.60 bits per heavy atom. The van der Waals surface area contributed by atoms with E-state index in [9.17, 15) is 9.59 Å². The highest BCUT2D eigenvalue weighted by molar-refractivity contribution is 7.98. The van der Waals surface area contributed by atoms with Gasteiger partial charge in [-0.3, -0.25) is 4.79 Å².